The van der Waals surface area contributed by atoms with E-state index in [9.17, 15) is 4.79 Å². The first-order valence-electron chi connectivity index (χ1n) is 7.33. The van der Waals surface area contributed by atoms with E-state index in [1.165, 1.54) is 15.3 Å². The lowest BCUT2D eigenvalue weighted by Crippen LogP contribution is -2.32. The maximum absolute atomic E-state index is 12.0. The molecule has 0 bridgehead atoms. The first kappa shape index (κ1) is 14.3. The molecule has 1 aliphatic heterocycles. The number of benzene rings is 1. The van der Waals surface area contributed by atoms with Crippen molar-refractivity contribution in [2.45, 2.75) is 20.0 Å². The van der Waals surface area contributed by atoms with Gasteiger partial charge in [0.15, 0.2) is 0 Å². The number of rotatable bonds is 4. The second-order valence-corrected chi connectivity index (χ2v) is 6.91. The average Bonchev–Trinajstić information content (AvgIpc) is 3.08. The zero-order valence-electron chi connectivity index (χ0n) is 12.4. The van der Waals surface area contributed by atoms with Crippen molar-refractivity contribution in [3.8, 4) is 10.4 Å². The predicted octanol–water partition coefficient (Wildman–Crippen LogP) is 3.50. The molecule has 1 amide bonds. The lowest BCUT2D eigenvalue weighted by Gasteiger charge is -2.25. The summed E-state index contributed by atoms with van der Waals surface area (Å²) in [6, 6.07) is 14.7. The van der Waals surface area contributed by atoms with Crippen LogP contribution in [-0.4, -0.2) is 23.9 Å². The van der Waals surface area contributed by atoms with Gasteiger partial charge in [0, 0.05) is 16.3 Å². The molecule has 3 nitrogen and oxygen atoms in total. The fourth-order valence-electron chi connectivity index (χ4n) is 2.65. The minimum Gasteiger partial charge on any atom is -0.321 e. The Morgan fingerprint density at radius 2 is 2.00 bits per heavy atom. The molecule has 1 aliphatic rings. The standard InChI is InChI=1S/C17H20N2OS/c1-12(2)11-19-16(20)10-18-17(19)15-9-8-14(21-15)13-6-4-3-5-7-13/h3-9,12,17-18H,10-11H2,1-2H3. The number of carbonyl (C=O) groups is 1. The van der Waals surface area contributed by atoms with Gasteiger partial charge in [0.2, 0.25) is 5.91 Å². The van der Waals surface area contributed by atoms with Crippen LogP contribution in [0.2, 0.25) is 0 Å². The van der Waals surface area contributed by atoms with E-state index in [1.54, 1.807) is 11.3 Å². The highest BCUT2D eigenvalue weighted by Gasteiger charge is 2.32. The van der Waals surface area contributed by atoms with Gasteiger partial charge in [-0.1, -0.05) is 44.2 Å². The number of hydrogen-bond acceptors (Lipinski definition) is 3. The van der Waals surface area contributed by atoms with Crippen molar-refractivity contribution in [2.24, 2.45) is 5.92 Å². The maximum Gasteiger partial charge on any atom is 0.238 e. The monoisotopic (exact) mass is 300 g/mol. The fraction of sp³-hybridized carbons (Fsp3) is 0.353. The third-order valence-electron chi connectivity index (χ3n) is 3.60. The molecule has 1 saturated heterocycles. The van der Waals surface area contributed by atoms with E-state index in [1.807, 2.05) is 11.0 Å². The van der Waals surface area contributed by atoms with Crippen LogP contribution in [0, 0.1) is 5.92 Å². The minimum absolute atomic E-state index is 0.0300. The van der Waals surface area contributed by atoms with Crippen molar-refractivity contribution in [3.63, 3.8) is 0 Å². The third-order valence-corrected chi connectivity index (χ3v) is 4.78. The summed E-state index contributed by atoms with van der Waals surface area (Å²) in [5, 5.41) is 3.33. The topological polar surface area (TPSA) is 32.3 Å². The molecule has 3 rings (SSSR count). The number of nitrogens with zero attached hydrogens (tertiary/aromatic N) is 1. The average molecular weight is 300 g/mol. The minimum atomic E-state index is 0.0300. The number of hydrogen-bond donors (Lipinski definition) is 1. The van der Waals surface area contributed by atoms with Crippen molar-refractivity contribution < 1.29 is 4.79 Å². The zero-order chi connectivity index (χ0) is 14.8. The molecule has 0 saturated carbocycles. The van der Waals surface area contributed by atoms with E-state index >= 15 is 0 Å². The van der Waals surface area contributed by atoms with Crippen LogP contribution in [0.1, 0.15) is 24.9 Å². The van der Waals surface area contributed by atoms with Crippen molar-refractivity contribution in [3.05, 3.63) is 47.3 Å². The molecule has 0 spiro atoms. The molecule has 110 valence electrons. The summed E-state index contributed by atoms with van der Waals surface area (Å²) in [5.41, 5.74) is 1.23. The Hall–Kier alpha value is -1.65. The second-order valence-electron chi connectivity index (χ2n) is 5.79. The SMILES string of the molecule is CC(C)CN1C(=O)CNC1c1ccc(-c2ccccc2)s1. The van der Waals surface area contributed by atoms with Gasteiger partial charge in [0.1, 0.15) is 6.17 Å². The first-order valence-corrected chi connectivity index (χ1v) is 8.15. The van der Waals surface area contributed by atoms with Crippen LogP contribution in [0.15, 0.2) is 42.5 Å². The molecule has 1 unspecified atom stereocenters. The van der Waals surface area contributed by atoms with Gasteiger partial charge in [-0.2, -0.15) is 0 Å². The summed E-state index contributed by atoms with van der Waals surface area (Å²) >= 11 is 1.76. The quantitative estimate of drug-likeness (QED) is 0.937. The lowest BCUT2D eigenvalue weighted by atomic mass is 10.2. The maximum atomic E-state index is 12.0. The Labute approximate surface area is 129 Å². The van der Waals surface area contributed by atoms with Crippen LogP contribution in [0.3, 0.4) is 0 Å². The Kier molecular flexibility index (Phi) is 4.08. The Balaban J connectivity index is 1.84. The summed E-state index contributed by atoms with van der Waals surface area (Å²) in [4.78, 5) is 16.5. The molecule has 2 heterocycles. The van der Waals surface area contributed by atoms with E-state index in [0.717, 1.165) is 6.54 Å². The van der Waals surface area contributed by atoms with E-state index in [2.05, 4.69) is 55.6 Å². The molecule has 0 radical (unpaired) electrons. The molecular weight excluding hydrogens is 280 g/mol. The smallest absolute Gasteiger partial charge is 0.238 e. The summed E-state index contributed by atoms with van der Waals surface area (Å²) in [5.74, 6) is 0.674. The highest BCUT2D eigenvalue weighted by molar-refractivity contribution is 7.15. The highest BCUT2D eigenvalue weighted by atomic mass is 32.1. The van der Waals surface area contributed by atoms with Crippen molar-refractivity contribution in [1.29, 1.82) is 0 Å². The van der Waals surface area contributed by atoms with Crippen molar-refractivity contribution in [2.75, 3.05) is 13.1 Å². The molecule has 21 heavy (non-hydrogen) atoms. The van der Waals surface area contributed by atoms with Crippen LogP contribution >= 0.6 is 11.3 Å². The van der Waals surface area contributed by atoms with Crippen molar-refractivity contribution in [1.82, 2.24) is 10.2 Å². The first-order chi connectivity index (χ1) is 10.1. The van der Waals surface area contributed by atoms with Gasteiger partial charge in [0.05, 0.1) is 6.54 Å². The van der Waals surface area contributed by atoms with E-state index in [4.69, 9.17) is 0 Å². The van der Waals surface area contributed by atoms with Gasteiger partial charge in [-0.3, -0.25) is 10.1 Å². The van der Waals surface area contributed by atoms with Gasteiger partial charge in [-0.25, -0.2) is 0 Å². The lowest BCUT2D eigenvalue weighted by molar-refractivity contribution is -0.128. The molecule has 1 atom stereocenters. The number of nitrogens with one attached hydrogen (secondary N) is 1. The molecule has 2 aromatic rings. The Bertz CT molecular complexity index is 621. The Morgan fingerprint density at radius 1 is 1.24 bits per heavy atom. The largest absolute Gasteiger partial charge is 0.321 e. The summed E-state index contributed by atoms with van der Waals surface area (Å²) in [6.07, 6.45) is 0.0300. The van der Waals surface area contributed by atoms with Crippen LogP contribution in [-0.2, 0) is 4.79 Å². The van der Waals surface area contributed by atoms with E-state index in [0.29, 0.717) is 12.5 Å². The second kappa shape index (κ2) is 6.00. The van der Waals surface area contributed by atoms with Crippen LogP contribution in [0.5, 0.6) is 0 Å². The Morgan fingerprint density at radius 3 is 2.71 bits per heavy atom. The fourth-order valence-corrected chi connectivity index (χ4v) is 3.75. The van der Waals surface area contributed by atoms with Gasteiger partial charge in [0.25, 0.3) is 0 Å². The zero-order valence-corrected chi connectivity index (χ0v) is 13.2. The highest BCUT2D eigenvalue weighted by Crippen LogP contribution is 2.34. The normalized spacial score (nSPS) is 18.7. The third kappa shape index (κ3) is 3.01. The molecule has 1 aromatic carbocycles. The van der Waals surface area contributed by atoms with Gasteiger partial charge < -0.3 is 4.90 Å². The summed E-state index contributed by atoms with van der Waals surface area (Å²) in [7, 11) is 0. The van der Waals surface area contributed by atoms with Gasteiger partial charge in [-0.05, 0) is 23.6 Å². The number of thiophene rings is 1. The summed E-state index contributed by atoms with van der Waals surface area (Å²) < 4.78 is 0. The van der Waals surface area contributed by atoms with E-state index < -0.39 is 0 Å². The molecule has 4 heteroatoms. The molecule has 1 fully saturated rings. The molecule has 1 aromatic heterocycles. The predicted molar refractivity (Wildman–Crippen MR) is 87.0 cm³/mol. The van der Waals surface area contributed by atoms with Crippen LogP contribution in [0.4, 0.5) is 0 Å². The van der Waals surface area contributed by atoms with Crippen LogP contribution < -0.4 is 5.32 Å². The molecule has 1 N–H and O–H groups in total. The van der Waals surface area contributed by atoms with E-state index in [-0.39, 0.29) is 12.1 Å². The van der Waals surface area contributed by atoms with Crippen LogP contribution in [0.25, 0.3) is 10.4 Å². The molecular formula is C17H20N2OS. The summed E-state index contributed by atoms with van der Waals surface area (Å²) in [6.45, 7) is 5.53. The molecule has 0 aliphatic carbocycles. The van der Waals surface area contributed by atoms with Gasteiger partial charge in [-0.15, -0.1) is 11.3 Å². The van der Waals surface area contributed by atoms with Crippen molar-refractivity contribution >= 4 is 17.2 Å². The number of carbonyl (C=O) groups excluding carboxylic acids is 1. The van der Waals surface area contributed by atoms with Gasteiger partial charge >= 0.3 is 0 Å². The number of amides is 1.